The molecule has 0 heterocycles. The minimum absolute atomic E-state index is 0.361. The summed E-state index contributed by atoms with van der Waals surface area (Å²) in [6.07, 6.45) is 5.11. The largest absolute Gasteiger partial charge is 0.319 e. The lowest BCUT2D eigenvalue weighted by Gasteiger charge is -1.97. The van der Waals surface area contributed by atoms with Crippen molar-refractivity contribution in [3.05, 3.63) is 41.2 Å². The average Bonchev–Trinajstić information content (AvgIpc) is 2.26. The number of nitrogens with one attached hydrogen (secondary N) is 1. The zero-order valence-corrected chi connectivity index (χ0v) is 8.66. The van der Waals surface area contributed by atoms with E-state index in [2.05, 4.69) is 5.32 Å². The van der Waals surface area contributed by atoms with E-state index in [4.69, 9.17) is 0 Å². The molecule has 0 radical (unpaired) electrons. The predicted octanol–water partition coefficient (Wildman–Crippen LogP) is 2.26. The van der Waals surface area contributed by atoms with Gasteiger partial charge in [-0.3, -0.25) is 4.79 Å². The Morgan fingerprint density at radius 2 is 2.27 bits per heavy atom. The molecule has 1 N–H and O–H groups in total. The van der Waals surface area contributed by atoms with Crippen LogP contribution in [0.3, 0.4) is 0 Å². The summed E-state index contributed by atoms with van der Waals surface area (Å²) in [4.78, 5) is 10.4. The molecule has 0 aliphatic rings. The van der Waals surface area contributed by atoms with Gasteiger partial charge in [-0.25, -0.2) is 4.39 Å². The Bertz CT molecular complexity index is 361. The molecule has 0 bridgehead atoms. The zero-order valence-electron chi connectivity index (χ0n) is 8.66. The molecule has 0 aliphatic carbocycles. The second-order valence-electron chi connectivity index (χ2n) is 3.19. The van der Waals surface area contributed by atoms with E-state index in [0.29, 0.717) is 17.4 Å². The number of halogens is 1. The van der Waals surface area contributed by atoms with Crippen molar-refractivity contribution in [2.75, 3.05) is 13.6 Å². The number of hydrogen-bond acceptors (Lipinski definition) is 2. The second kappa shape index (κ2) is 6.09. The number of benzene rings is 1. The van der Waals surface area contributed by atoms with E-state index in [1.165, 1.54) is 6.07 Å². The van der Waals surface area contributed by atoms with Gasteiger partial charge in [-0.1, -0.05) is 24.3 Å². The lowest BCUT2D eigenvalue weighted by atomic mass is 10.1. The summed E-state index contributed by atoms with van der Waals surface area (Å²) in [6, 6.07) is 4.45. The lowest BCUT2D eigenvalue weighted by Crippen LogP contribution is -2.05. The van der Waals surface area contributed by atoms with Gasteiger partial charge in [-0.15, -0.1) is 0 Å². The van der Waals surface area contributed by atoms with Crippen LogP contribution in [0.25, 0.3) is 6.08 Å². The summed E-state index contributed by atoms with van der Waals surface area (Å²) < 4.78 is 13.3. The van der Waals surface area contributed by atoms with E-state index < -0.39 is 0 Å². The Hall–Kier alpha value is -1.48. The van der Waals surface area contributed by atoms with Gasteiger partial charge in [0.2, 0.25) is 0 Å². The van der Waals surface area contributed by atoms with Crippen LogP contribution in [-0.2, 0) is 0 Å². The molecule has 80 valence electrons. The first-order chi connectivity index (χ1) is 7.27. The molecule has 0 unspecified atom stereocenters. The van der Waals surface area contributed by atoms with Crippen LogP contribution >= 0.6 is 0 Å². The normalized spacial score (nSPS) is 10.8. The maximum Gasteiger partial charge on any atom is 0.150 e. The zero-order chi connectivity index (χ0) is 11.1. The van der Waals surface area contributed by atoms with E-state index in [1.54, 1.807) is 18.2 Å². The molecule has 1 aromatic rings. The Balaban J connectivity index is 2.69. The quantitative estimate of drug-likeness (QED) is 0.592. The molecule has 0 spiro atoms. The highest BCUT2D eigenvalue weighted by atomic mass is 19.1. The van der Waals surface area contributed by atoms with Crippen LogP contribution in [0.15, 0.2) is 24.3 Å². The van der Waals surface area contributed by atoms with Gasteiger partial charge >= 0.3 is 0 Å². The fourth-order valence-electron chi connectivity index (χ4n) is 1.19. The fraction of sp³-hybridized carbons (Fsp3) is 0.250. The lowest BCUT2D eigenvalue weighted by molar-refractivity contribution is 0.112. The van der Waals surface area contributed by atoms with E-state index in [9.17, 15) is 9.18 Å². The van der Waals surface area contributed by atoms with Crippen LogP contribution in [0.2, 0.25) is 0 Å². The van der Waals surface area contributed by atoms with Crippen molar-refractivity contribution in [2.24, 2.45) is 0 Å². The molecule has 0 atom stereocenters. The first kappa shape index (κ1) is 11.6. The minimum Gasteiger partial charge on any atom is -0.319 e. The van der Waals surface area contributed by atoms with Crippen molar-refractivity contribution in [1.82, 2.24) is 5.32 Å². The smallest absolute Gasteiger partial charge is 0.150 e. The van der Waals surface area contributed by atoms with Gasteiger partial charge in [0, 0.05) is 11.1 Å². The van der Waals surface area contributed by atoms with Crippen molar-refractivity contribution in [2.45, 2.75) is 6.42 Å². The van der Waals surface area contributed by atoms with Crippen LogP contribution < -0.4 is 5.32 Å². The number of hydrogen-bond donors (Lipinski definition) is 1. The molecule has 0 saturated carbocycles. The SMILES string of the molecule is CNCCC=Cc1ccc(C=O)cc1F. The minimum atomic E-state index is -0.361. The van der Waals surface area contributed by atoms with E-state index >= 15 is 0 Å². The molecule has 0 aliphatic heterocycles. The molecule has 15 heavy (non-hydrogen) atoms. The Labute approximate surface area is 88.8 Å². The number of rotatable bonds is 5. The van der Waals surface area contributed by atoms with Gasteiger partial charge in [0.05, 0.1) is 0 Å². The first-order valence-electron chi connectivity index (χ1n) is 4.84. The van der Waals surface area contributed by atoms with Crippen LogP contribution in [0.4, 0.5) is 4.39 Å². The number of aldehydes is 1. The Morgan fingerprint density at radius 1 is 1.47 bits per heavy atom. The monoisotopic (exact) mass is 207 g/mol. The van der Waals surface area contributed by atoms with Crippen molar-refractivity contribution < 1.29 is 9.18 Å². The van der Waals surface area contributed by atoms with Crippen LogP contribution in [0, 0.1) is 5.82 Å². The van der Waals surface area contributed by atoms with Crippen LogP contribution in [0.1, 0.15) is 22.3 Å². The summed E-state index contributed by atoms with van der Waals surface area (Å²) >= 11 is 0. The van der Waals surface area contributed by atoms with Crippen molar-refractivity contribution in [1.29, 1.82) is 0 Å². The highest BCUT2D eigenvalue weighted by Crippen LogP contribution is 2.11. The topological polar surface area (TPSA) is 29.1 Å². The van der Waals surface area contributed by atoms with Crippen LogP contribution in [0.5, 0.6) is 0 Å². The van der Waals surface area contributed by atoms with E-state index in [0.717, 1.165) is 13.0 Å². The Morgan fingerprint density at radius 3 is 2.87 bits per heavy atom. The fourth-order valence-corrected chi connectivity index (χ4v) is 1.19. The molecule has 3 heteroatoms. The van der Waals surface area contributed by atoms with Gasteiger partial charge in [-0.05, 0) is 26.1 Å². The molecule has 1 rings (SSSR count). The third-order valence-electron chi connectivity index (χ3n) is 2.02. The highest BCUT2D eigenvalue weighted by Gasteiger charge is 1.99. The van der Waals surface area contributed by atoms with E-state index in [1.807, 2.05) is 13.1 Å². The maximum atomic E-state index is 13.3. The molecule has 0 fully saturated rings. The molecular weight excluding hydrogens is 193 g/mol. The molecule has 0 saturated heterocycles. The standard InChI is InChI=1S/C12H14FNO/c1-14-7-3-2-4-11-6-5-10(9-15)8-12(11)13/h2,4-6,8-9,14H,3,7H2,1H3. The molecule has 0 amide bonds. The third kappa shape index (κ3) is 3.64. The van der Waals surface area contributed by atoms with Gasteiger partial charge in [-0.2, -0.15) is 0 Å². The van der Waals surface area contributed by atoms with Gasteiger partial charge in [0.15, 0.2) is 0 Å². The second-order valence-corrected chi connectivity index (χ2v) is 3.19. The molecule has 0 aromatic heterocycles. The first-order valence-corrected chi connectivity index (χ1v) is 4.84. The van der Waals surface area contributed by atoms with Crippen LogP contribution in [-0.4, -0.2) is 19.9 Å². The van der Waals surface area contributed by atoms with Crippen molar-refractivity contribution in [3.8, 4) is 0 Å². The van der Waals surface area contributed by atoms with Crippen molar-refractivity contribution >= 4 is 12.4 Å². The summed E-state index contributed by atoms with van der Waals surface area (Å²) in [6.45, 7) is 0.866. The number of carbonyl (C=O) groups excluding carboxylic acids is 1. The van der Waals surface area contributed by atoms with Gasteiger partial charge in [0.1, 0.15) is 12.1 Å². The van der Waals surface area contributed by atoms with Gasteiger partial charge in [0.25, 0.3) is 0 Å². The average molecular weight is 207 g/mol. The van der Waals surface area contributed by atoms with E-state index in [-0.39, 0.29) is 5.82 Å². The molecule has 1 aromatic carbocycles. The molecular formula is C12H14FNO. The molecule has 2 nitrogen and oxygen atoms in total. The highest BCUT2D eigenvalue weighted by molar-refractivity contribution is 5.75. The van der Waals surface area contributed by atoms with Crippen molar-refractivity contribution in [3.63, 3.8) is 0 Å². The van der Waals surface area contributed by atoms with Gasteiger partial charge < -0.3 is 5.32 Å². The maximum absolute atomic E-state index is 13.3. The Kier molecular flexibility index (Phi) is 4.71. The number of carbonyl (C=O) groups is 1. The third-order valence-corrected chi connectivity index (χ3v) is 2.02. The summed E-state index contributed by atoms with van der Waals surface area (Å²) in [5.41, 5.74) is 0.872. The summed E-state index contributed by atoms with van der Waals surface area (Å²) in [5, 5.41) is 3.00. The predicted molar refractivity (Wildman–Crippen MR) is 59.4 cm³/mol. The summed E-state index contributed by atoms with van der Waals surface area (Å²) in [5.74, 6) is -0.361. The summed E-state index contributed by atoms with van der Waals surface area (Å²) in [7, 11) is 1.87.